The monoisotopic (exact) mass is 1040 g/mol. The minimum atomic E-state index is -1.62. The molecule has 48 heavy (non-hydrogen) atoms. The lowest BCUT2D eigenvalue weighted by molar-refractivity contribution is -0.168. The van der Waals surface area contributed by atoms with Crippen molar-refractivity contribution in [1.29, 1.82) is 0 Å². The molecule has 0 aromatic heterocycles. The van der Waals surface area contributed by atoms with Crippen LogP contribution in [0.2, 0.25) is 0 Å². The van der Waals surface area contributed by atoms with Gasteiger partial charge in [0, 0.05) is 37.0 Å². The summed E-state index contributed by atoms with van der Waals surface area (Å²) in [6, 6.07) is 0. The van der Waals surface area contributed by atoms with Gasteiger partial charge in [0.25, 0.3) is 0 Å². The molecule has 0 heterocycles. The number of carboxylic acids is 1. The summed E-state index contributed by atoms with van der Waals surface area (Å²) >= 11 is 5.71. The number of carbonyl (C=O) groups excluding carboxylic acids is 5. The highest BCUT2D eigenvalue weighted by Gasteiger charge is 2.68. The number of allylic oxidation sites excluding steroid dienone is 4. The molecule has 3 saturated carbocycles. The lowest BCUT2D eigenvalue weighted by Gasteiger charge is -2.56. The van der Waals surface area contributed by atoms with Crippen LogP contribution in [0.25, 0.3) is 0 Å². The third-order valence-electron chi connectivity index (χ3n) is 10.1. The van der Waals surface area contributed by atoms with E-state index in [0.717, 1.165) is 18.4 Å². The number of halogens is 3. The molecule has 0 radical (unpaired) electrons. The standard InChI is InChI=1S/C21H26O5.C11H9I3N2O4.2H2S/c1-19-7-5-13(23)9-12(19)3-4-14-15-6-8-21(26,17(25)11-22)20(15,2)10-16(24)18(14)19;1-3(17)15-9-6(12)5(11(19)20)7(13)10(8(9)14)16-4(2)18;;/h5,7,9,14-15,18,22,26H,3-4,6,8,10-11H2,1-2H3;1-2H3,(H,15,17)(H,16,18)(H,19,20);2*1H2/t14-,15-,18+,19-,20-,21-;;;/m0.../s1. The maximum Gasteiger partial charge on any atom is 0.338 e. The number of nitrogens with one attached hydrogen (secondary N) is 2. The Morgan fingerprint density at radius 1 is 0.938 bits per heavy atom. The van der Waals surface area contributed by atoms with Crippen LogP contribution in [0.15, 0.2) is 23.8 Å². The van der Waals surface area contributed by atoms with E-state index in [4.69, 9.17) is 0 Å². The van der Waals surface area contributed by atoms with Crippen LogP contribution < -0.4 is 10.6 Å². The van der Waals surface area contributed by atoms with Crippen molar-refractivity contribution < 1.29 is 44.1 Å². The molecule has 5 N–H and O–H groups in total. The lowest BCUT2D eigenvalue weighted by atomic mass is 9.46. The number of hydrogen-bond acceptors (Lipinski definition) is 8. The molecule has 0 spiro atoms. The molecule has 3 fully saturated rings. The van der Waals surface area contributed by atoms with Crippen molar-refractivity contribution in [3.05, 3.63) is 40.1 Å². The Labute approximate surface area is 333 Å². The Hall–Kier alpha value is -1.07. The molecule has 6 atom stereocenters. The van der Waals surface area contributed by atoms with Gasteiger partial charge in [0.05, 0.1) is 27.6 Å². The van der Waals surface area contributed by atoms with Gasteiger partial charge in [-0.2, -0.15) is 27.0 Å². The van der Waals surface area contributed by atoms with Gasteiger partial charge in [-0.05, 0) is 117 Å². The van der Waals surface area contributed by atoms with Gasteiger partial charge in [-0.25, -0.2) is 4.79 Å². The highest BCUT2D eigenvalue weighted by Crippen LogP contribution is 2.66. The summed E-state index contributed by atoms with van der Waals surface area (Å²) in [4.78, 5) is 71.3. The average molecular weight is 1040 g/mol. The van der Waals surface area contributed by atoms with Crippen LogP contribution in [-0.4, -0.2) is 62.7 Å². The number of Topliss-reactive ketones (excluding diaryl/α,β-unsaturated/α-hetero) is 2. The topological polar surface area (TPSA) is 187 Å². The quantitative estimate of drug-likeness (QED) is 0.250. The fraction of sp³-hybridized carbons (Fsp3) is 0.500. The first-order valence-electron chi connectivity index (χ1n) is 14.7. The molecule has 0 unspecified atom stereocenters. The molecular formula is C32H39I3N2O9S2. The van der Waals surface area contributed by atoms with Gasteiger partial charge in [-0.1, -0.05) is 25.5 Å². The summed E-state index contributed by atoms with van der Waals surface area (Å²) in [5, 5.41) is 35.0. The highest BCUT2D eigenvalue weighted by molar-refractivity contribution is 14.1. The molecule has 5 rings (SSSR count). The summed E-state index contributed by atoms with van der Waals surface area (Å²) in [6.07, 6.45) is 7.82. The van der Waals surface area contributed by atoms with Crippen LogP contribution in [0.4, 0.5) is 11.4 Å². The van der Waals surface area contributed by atoms with Crippen molar-refractivity contribution in [2.24, 2.45) is 28.6 Å². The predicted octanol–water partition coefficient (Wildman–Crippen LogP) is 5.11. The largest absolute Gasteiger partial charge is 0.478 e. The third kappa shape index (κ3) is 7.44. The highest BCUT2D eigenvalue weighted by atomic mass is 127. The number of carboxylic acid groups (broad SMARTS) is 1. The Bertz CT molecular complexity index is 1590. The SMILES string of the molecule is CC(=O)Nc1c(I)c(NC(C)=O)c(I)c(C(=O)O)c1I.C[C@]12C=CC(=O)C=C1CC[C@@H]1[C@@H]2C(=O)C[C@@]2(C)[C@H]1CC[C@]2(O)C(=O)CO.S.S. The first kappa shape index (κ1) is 43.1. The molecule has 4 aliphatic rings. The second-order valence-electron chi connectivity index (χ2n) is 12.7. The Balaban J connectivity index is 0.000000332. The third-order valence-corrected chi connectivity index (χ3v) is 13.4. The lowest BCUT2D eigenvalue weighted by Crippen LogP contribution is -2.60. The van der Waals surface area contributed by atoms with E-state index < -0.39 is 34.8 Å². The molecule has 1 aromatic rings. The fourth-order valence-electron chi connectivity index (χ4n) is 8.05. The predicted molar refractivity (Wildman–Crippen MR) is 215 cm³/mol. The van der Waals surface area contributed by atoms with E-state index >= 15 is 0 Å². The zero-order valence-electron chi connectivity index (χ0n) is 26.6. The van der Waals surface area contributed by atoms with Gasteiger partial charge in [-0.3, -0.25) is 24.0 Å². The molecule has 264 valence electrons. The first-order valence-corrected chi connectivity index (χ1v) is 17.9. The van der Waals surface area contributed by atoms with Gasteiger partial charge in [0.2, 0.25) is 11.8 Å². The van der Waals surface area contributed by atoms with E-state index in [2.05, 4.69) is 10.6 Å². The Morgan fingerprint density at radius 2 is 1.48 bits per heavy atom. The minimum absolute atomic E-state index is 0. The van der Waals surface area contributed by atoms with E-state index in [-0.39, 0.29) is 80.1 Å². The summed E-state index contributed by atoms with van der Waals surface area (Å²) in [5.41, 5.74) is -1.03. The number of aromatic carboxylic acids is 1. The van der Waals surface area contributed by atoms with Crippen molar-refractivity contribution in [2.75, 3.05) is 17.2 Å². The van der Waals surface area contributed by atoms with Crippen LogP contribution in [0, 0.1) is 39.3 Å². The number of fused-ring (bicyclic) bond motifs is 5. The summed E-state index contributed by atoms with van der Waals surface area (Å²) < 4.78 is 1.44. The number of ketones is 3. The molecule has 0 aliphatic heterocycles. The maximum atomic E-state index is 13.3. The minimum Gasteiger partial charge on any atom is -0.478 e. The molecule has 1 aromatic carbocycles. The second kappa shape index (κ2) is 16.1. The van der Waals surface area contributed by atoms with E-state index in [1.165, 1.54) is 13.8 Å². The van der Waals surface area contributed by atoms with Crippen LogP contribution in [0.1, 0.15) is 70.2 Å². The van der Waals surface area contributed by atoms with E-state index in [1.807, 2.05) is 87.7 Å². The number of benzene rings is 1. The Kier molecular flexibility index (Phi) is 14.4. The van der Waals surface area contributed by atoms with Crippen molar-refractivity contribution in [2.45, 2.75) is 65.4 Å². The van der Waals surface area contributed by atoms with Gasteiger partial charge < -0.3 is 26.0 Å². The molecule has 11 nitrogen and oxygen atoms in total. The number of anilines is 2. The normalized spacial score (nSPS) is 29.7. The number of aliphatic hydroxyl groups is 2. The van der Waals surface area contributed by atoms with Gasteiger partial charge >= 0.3 is 5.97 Å². The summed E-state index contributed by atoms with van der Waals surface area (Å²) in [6.45, 7) is 5.86. The van der Waals surface area contributed by atoms with E-state index in [0.29, 0.717) is 34.9 Å². The molecule has 0 saturated heterocycles. The Morgan fingerprint density at radius 3 is 1.96 bits per heavy atom. The van der Waals surface area contributed by atoms with Gasteiger partial charge in [-0.15, -0.1) is 0 Å². The molecule has 4 aliphatic carbocycles. The fourth-order valence-corrected chi connectivity index (χ4v) is 12.2. The molecule has 0 bridgehead atoms. The molecule has 16 heteroatoms. The first-order chi connectivity index (χ1) is 21.3. The van der Waals surface area contributed by atoms with E-state index in [1.54, 1.807) is 12.2 Å². The number of carbonyl (C=O) groups is 6. The van der Waals surface area contributed by atoms with Crippen LogP contribution in [0.5, 0.6) is 0 Å². The number of aliphatic hydroxyl groups excluding tert-OH is 1. The van der Waals surface area contributed by atoms with Crippen molar-refractivity contribution in [3.8, 4) is 0 Å². The smallest absolute Gasteiger partial charge is 0.338 e. The van der Waals surface area contributed by atoms with Crippen LogP contribution >= 0.6 is 94.8 Å². The van der Waals surface area contributed by atoms with Crippen molar-refractivity contribution in [1.82, 2.24) is 0 Å². The molecule has 2 amide bonds. The second-order valence-corrected chi connectivity index (χ2v) is 16.0. The van der Waals surface area contributed by atoms with E-state index in [9.17, 15) is 44.1 Å². The maximum absolute atomic E-state index is 13.3. The zero-order chi connectivity index (χ0) is 34.5. The van der Waals surface area contributed by atoms with Crippen LogP contribution in [-0.2, 0) is 24.0 Å². The van der Waals surface area contributed by atoms with Crippen molar-refractivity contribution in [3.63, 3.8) is 0 Å². The molecular weight excluding hydrogens is 1000 g/mol. The number of rotatable bonds is 5. The van der Waals surface area contributed by atoms with Crippen LogP contribution in [0.3, 0.4) is 0 Å². The summed E-state index contributed by atoms with van der Waals surface area (Å²) in [5.74, 6) is -2.33. The van der Waals surface area contributed by atoms with Crippen molar-refractivity contribution >= 4 is 141 Å². The van der Waals surface area contributed by atoms with Gasteiger partial charge in [0.15, 0.2) is 11.6 Å². The van der Waals surface area contributed by atoms with Gasteiger partial charge in [0.1, 0.15) is 18.0 Å². The zero-order valence-corrected chi connectivity index (χ0v) is 35.1. The number of amides is 2. The summed E-state index contributed by atoms with van der Waals surface area (Å²) in [7, 11) is 0. The number of hydrogen-bond donors (Lipinski definition) is 5. The average Bonchev–Trinajstić information content (AvgIpc) is 3.23.